The van der Waals surface area contributed by atoms with Crippen LogP contribution < -0.4 is 15.2 Å². The SMILES string of the molecule is CC1(C(=O)c2ccc3c(c2)OCCCO3)CCCC1N. The summed E-state index contributed by atoms with van der Waals surface area (Å²) >= 11 is 0. The zero-order valence-corrected chi connectivity index (χ0v) is 11.9. The number of nitrogens with two attached hydrogens (primary N) is 1. The predicted molar refractivity (Wildman–Crippen MR) is 76.3 cm³/mol. The van der Waals surface area contributed by atoms with Crippen LogP contribution in [-0.2, 0) is 0 Å². The van der Waals surface area contributed by atoms with Gasteiger partial charge in [0, 0.05) is 23.4 Å². The highest BCUT2D eigenvalue weighted by atomic mass is 16.5. The van der Waals surface area contributed by atoms with E-state index in [0.717, 1.165) is 31.4 Å². The van der Waals surface area contributed by atoms with Gasteiger partial charge in [0.05, 0.1) is 13.2 Å². The van der Waals surface area contributed by atoms with E-state index in [2.05, 4.69) is 0 Å². The molecular weight excluding hydrogens is 254 g/mol. The van der Waals surface area contributed by atoms with Crippen molar-refractivity contribution >= 4 is 5.78 Å². The lowest BCUT2D eigenvalue weighted by Crippen LogP contribution is -2.41. The number of rotatable bonds is 2. The van der Waals surface area contributed by atoms with Crippen molar-refractivity contribution in [2.75, 3.05) is 13.2 Å². The summed E-state index contributed by atoms with van der Waals surface area (Å²) in [6, 6.07) is 5.41. The normalized spacial score (nSPS) is 29.0. The summed E-state index contributed by atoms with van der Waals surface area (Å²) < 4.78 is 11.2. The zero-order valence-electron chi connectivity index (χ0n) is 11.9. The number of ether oxygens (including phenoxy) is 2. The largest absolute Gasteiger partial charge is 0.490 e. The second kappa shape index (κ2) is 5.09. The van der Waals surface area contributed by atoms with Crippen LogP contribution in [0.5, 0.6) is 11.5 Å². The summed E-state index contributed by atoms with van der Waals surface area (Å²) in [7, 11) is 0. The highest BCUT2D eigenvalue weighted by Crippen LogP contribution is 2.41. The number of Topliss-reactive ketones (excluding diaryl/α,β-unsaturated/α-hetero) is 1. The van der Waals surface area contributed by atoms with E-state index in [0.29, 0.717) is 24.5 Å². The summed E-state index contributed by atoms with van der Waals surface area (Å²) in [6.07, 6.45) is 3.67. The number of fused-ring (bicyclic) bond motifs is 1. The topological polar surface area (TPSA) is 61.5 Å². The van der Waals surface area contributed by atoms with Gasteiger partial charge in [0.2, 0.25) is 0 Å². The number of carbonyl (C=O) groups is 1. The molecule has 0 spiro atoms. The Kier molecular flexibility index (Phi) is 3.42. The van der Waals surface area contributed by atoms with Crippen LogP contribution in [0.2, 0.25) is 0 Å². The van der Waals surface area contributed by atoms with Gasteiger partial charge < -0.3 is 15.2 Å². The molecule has 2 atom stereocenters. The highest BCUT2D eigenvalue weighted by molar-refractivity contribution is 6.01. The van der Waals surface area contributed by atoms with E-state index < -0.39 is 5.41 Å². The Hall–Kier alpha value is -1.55. The van der Waals surface area contributed by atoms with Crippen molar-refractivity contribution < 1.29 is 14.3 Å². The lowest BCUT2D eigenvalue weighted by atomic mass is 9.78. The molecular formula is C16H21NO3. The van der Waals surface area contributed by atoms with Crippen molar-refractivity contribution in [2.24, 2.45) is 11.1 Å². The minimum absolute atomic E-state index is 0.0500. The molecule has 1 aromatic carbocycles. The van der Waals surface area contributed by atoms with Crippen LogP contribution in [0, 0.1) is 5.41 Å². The van der Waals surface area contributed by atoms with E-state index in [4.69, 9.17) is 15.2 Å². The molecule has 1 fully saturated rings. The maximum absolute atomic E-state index is 12.8. The third-order valence-corrected chi connectivity index (χ3v) is 4.56. The minimum Gasteiger partial charge on any atom is -0.490 e. The van der Waals surface area contributed by atoms with Crippen LogP contribution in [0.3, 0.4) is 0 Å². The molecule has 2 N–H and O–H groups in total. The Bertz CT molecular complexity index is 528. The molecule has 1 aromatic rings. The molecule has 2 unspecified atom stereocenters. The summed E-state index contributed by atoms with van der Waals surface area (Å²) in [5, 5.41) is 0. The Morgan fingerprint density at radius 1 is 1.25 bits per heavy atom. The van der Waals surface area contributed by atoms with Crippen LogP contribution in [0.4, 0.5) is 0 Å². The zero-order chi connectivity index (χ0) is 14.2. The summed E-state index contributed by atoms with van der Waals surface area (Å²) in [5.41, 5.74) is 6.37. The summed E-state index contributed by atoms with van der Waals surface area (Å²) in [6.45, 7) is 3.26. The molecule has 3 rings (SSSR count). The molecule has 1 heterocycles. The van der Waals surface area contributed by atoms with Crippen LogP contribution in [0.15, 0.2) is 18.2 Å². The first kappa shape index (κ1) is 13.4. The standard InChI is InChI=1S/C16H21NO3/c1-16(7-2-4-14(16)17)15(18)11-5-6-12-13(10-11)20-9-3-8-19-12/h5-6,10,14H,2-4,7-9,17H2,1H3. The molecule has 1 aliphatic heterocycles. The van der Waals surface area contributed by atoms with E-state index in [-0.39, 0.29) is 11.8 Å². The van der Waals surface area contributed by atoms with E-state index in [9.17, 15) is 4.79 Å². The highest BCUT2D eigenvalue weighted by Gasteiger charge is 2.43. The smallest absolute Gasteiger partial charge is 0.170 e. The summed E-state index contributed by atoms with van der Waals surface area (Å²) in [5.74, 6) is 1.52. The average molecular weight is 275 g/mol. The summed E-state index contributed by atoms with van der Waals surface area (Å²) in [4.78, 5) is 12.8. The van der Waals surface area contributed by atoms with Crippen LogP contribution in [-0.4, -0.2) is 25.0 Å². The van der Waals surface area contributed by atoms with Crippen molar-refractivity contribution in [1.29, 1.82) is 0 Å². The van der Waals surface area contributed by atoms with Crippen molar-refractivity contribution in [1.82, 2.24) is 0 Å². The van der Waals surface area contributed by atoms with Gasteiger partial charge in [0.25, 0.3) is 0 Å². The fraction of sp³-hybridized carbons (Fsp3) is 0.562. The van der Waals surface area contributed by atoms with Crippen molar-refractivity contribution in [2.45, 2.75) is 38.6 Å². The Morgan fingerprint density at radius 3 is 2.70 bits per heavy atom. The lowest BCUT2D eigenvalue weighted by molar-refractivity contribution is 0.0802. The molecule has 0 saturated heterocycles. The molecule has 108 valence electrons. The molecule has 0 amide bonds. The maximum Gasteiger partial charge on any atom is 0.170 e. The van der Waals surface area contributed by atoms with Gasteiger partial charge in [-0.1, -0.05) is 13.3 Å². The number of ketones is 1. The van der Waals surface area contributed by atoms with Gasteiger partial charge in [-0.25, -0.2) is 0 Å². The van der Waals surface area contributed by atoms with Gasteiger partial charge in [-0.15, -0.1) is 0 Å². The van der Waals surface area contributed by atoms with E-state index in [1.807, 2.05) is 19.1 Å². The van der Waals surface area contributed by atoms with Crippen molar-refractivity contribution in [3.8, 4) is 11.5 Å². The first-order valence-corrected chi connectivity index (χ1v) is 7.31. The quantitative estimate of drug-likeness (QED) is 0.843. The van der Waals surface area contributed by atoms with Crippen LogP contribution in [0.1, 0.15) is 43.0 Å². The van der Waals surface area contributed by atoms with Gasteiger partial charge in [0.15, 0.2) is 17.3 Å². The molecule has 4 nitrogen and oxygen atoms in total. The first-order chi connectivity index (χ1) is 9.61. The molecule has 0 radical (unpaired) electrons. The fourth-order valence-electron chi connectivity index (χ4n) is 3.11. The van der Waals surface area contributed by atoms with E-state index >= 15 is 0 Å². The average Bonchev–Trinajstić information content (AvgIpc) is 2.67. The minimum atomic E-state index is -0.445. The second-order valence-corrected chi connectivity index (χ2v) is 5.96. The van der Waals surface area contributed by atoms with Gasteiger partial charge in [-0.2, -0.15) is 0 Å². The van der Waals surface area contributed by atoms with Crippen molar-refractivity contribution in [3.63, 3.8) is 0 Å². The lowest BCUT2D eigenvalue weighted by Gasteiger charge is -2.27. The number of hydrogen-bond acceptors (Lipinski definition) is 4. The molecule has 0 aromatic heterocycles. The molecule has 1 aliphatic carbocycles. The van der Waals surface area contributed by atoms with Gasteiger partial charge in [-0.3, -0.25) is 4.79 Å². The number of carbonyl (C=O) groups excluding carboxylic acids is 1. The Labute approximate surface area is 119 Å². The number of hydrogen-bond donors (Lipinski definition) is 1. The third kappa shape index (κ3) is 2.18. The van der Waals surface area contributed by atoms with Crippen LogP contribution >= 0.6 is 0 Å². The fourth-order valence-corrected chi connectivity index (χ4v) is 3.11. The third-order valence-electron chi connectivity index (χ3n) is 4.56. The first-order valence-electron chi connectivity index (χ1n) is 7.31. The monoisotopic (exact) mass is 275 g/mol. The van der Waals surface area contributed by atoms with E-state index in [1.54, 1.807) is 6.07 Å². The van der Waals surface area contributed by atoms with E-state index in [1.165, 1.54) is 0 Å². The maximum atomic E-state index is 12.8. The Morgan fingerprint density at radius 2 is 2.00 bits per heavy atom. The molecule has 1 saturated carbocycles. The number of benzene rings is 1. The van der Waals surface area contributed by atoms with Gasteiger partial charge >= 0.3 is 0 Å². The van der Waals surface area contributed by atoms with Gasteiger partial charge in [-0.05, 0) is 31.0 Å². The predicted octanol–water partition coefficient (Wildman–Crippen LogP) is 2.55. The molecule has 0 bridgehead atoms. The molecule has 20 heavy (non-hydrogen) atoms. The molecule has 4 heteroatoms. The van der Waals surface area contributed by atoms with Crippen molar-refractivity contribution in [3.05, 3.63) is 23.8 Å². The van der Waals surface area contributed by atoms with Gasteiger partial charge in [0.1, 0.15) is 0 Å². The second-order valence-electron chi connectivity index (χ2n) is 5.96. The Balaban J connectivity index is 1.91. The van der Waals surface area contributed by atoms with Crippen LogP contribution in [0.25, 0.3) is 0 Å². The molecule has 2 aliphatic rings.